The van der Waals surface area contributed by atoms with Crippen LogP contribution in [-0.2, 0) is 16.0 Å². The van der Waals surface area contributed by atoms with E-state index >= 15 is 0 Å². The topological polar surface area (TPSA) is 73.9 Å². The summed E-state index contributed by atoms with van der Waals surface area (Å²) in [5.41, 5.74) is 1.87. The summed E-state index contributed by atoms with van der Waals surface area (Å²) in [5, 5.41) is 2.80. The third-order valence-electron chi connectivity index (χ3n) is 3.65. The van der Waals surface area contributed by atoms with Crippen molar-refractivity contribution >= 4 is 17.6 Å². The quantitative estimate of drug-likeness (QED) is 0.733. The zero-order chi connectivity index (χ0) is 18.9. The van der Waals surface area contributed by atoms with Crippen LogP contribution < -0.4 is 14.8 Å². The predicted molar refractivity (Wildman–Crippen MR) is 98.9 cm³/mol. The van der Waals surface area contributed by atoms with Gasteiger partial charge in [0.15, 0.2) is 11.5 Å². The first-order valence-electron chi connectivity index (χ1n) is 8.35. The van der Waals surface area contributed by atoms with E-state index in [1.165, 1.54) is 0 Å². The van der Waals surface area contributed by atoms with Gasteiger partial charge < -0.3 is 19.5 Å². The van der Waals surface area contributed by atoms with E-state index in [1.807, 2.05) is 13.0 Å². The Balaban J connectivity index is 1.96. The van der Waals surface area contributed by atoms with Crippen LogP contribution in [0.5, 0.6) is 11.5 Å². The van der Waals surface area contributed by atoms with Crippen molar-refractivity contribution in [2.45, 2.75) is 19.8 Å². The second kappa shape index (κ2) is 9.46. The van der Waals surface area contributed by atoms with Crippen molar-refractivity contribution in [3.05, 3.63) is 53.6 Å². The number of anilines is 1. The maximum atomic E-state index is 12.2. The van der Waals surface area contributed by atoms with Gasteiger partial charge in [-0.25, -0.2) is 4.79 Å². The van der Waals surface area contributed by atoms with Crippen molar-refractivity contribution in [3.63, 3.8) is 0 Å². The van der Waals surface area contributed by atoms with Crippen LogP contribution in [0.1, 0.15) is 29.3 Å². The second-order valence-corrected chi connectivity index (χ2v) is 5.63. The average molecular weight is 357 g/mol. The standard InChI is InChI=1S/C20H23NO5/c1-4-11-26-20(23)15-6-8-16(9-7-15)21-19(22)13-14-5-10-17(24-2)18(12-14)25-3/h5-10,12H,4,11,13H2,1-3H3,(H,21,22). The van der Waals surface area contributed by atoms with Crippen molar-refractivity contribution in [3.8, 4) is 11.5 Å². The van der Waals surface area contributed by atoms with E-state index in [0.29, 0.717) is 29.4 Å². The molecule has 0 fully saturated rings. The number of benzene rings is 2. The number of carbonyl (C=O) groups is 2. The predicted octanol–water partition coefficient (Wildman–Crippen LogP) is 3.45. The van der Waals surface area contributed by atoms with Gasteiger partial charge in [-0.05, 0) is 48.4 Å². The molecule has 0 spiro atoms. The van der Waals surface area contributed by atoms with Gasteiger partial charge in [0.25, 0.3) is 0 Å². The number of hydrogen-bond donors (Lipinski definition) is 1. The van der Waals surface area contributed by atoms with Crippen LogP contribution in [0, 0.1) is 0 Å². The lowest BCUT2D eigenvalue weighted by molar-refractivity contribution is -0.115. The van der Waals surface area contributed by atoms with Gasteiger partial charge in [0, 0.05) is 5.69 Å². The van der Waals surface area contributed by atoms with E-state index in [4.69, 9.17) is 14.2 Å². The number of nitrogens with one attached hydrogen (secondary N) is 1. The lowest BCUT2D eigenvalue weighted by atomic mass is 10.1. The molecule has 0 saturated carbocycles. The molecule has 6 heteroatoms. The van der Waals surface area contributed by atoms with Gasteiger partial charge in [-0.1, -0.05) is 13.0 Å². The average Bonchev–Trinajstić information content (AvgIpc) is 2.66. The van der Waals surface area contributed by atoms with Crippen molar-refractivity contribution < 1.29 is 23.8 Å². The second-order valence-electron chi connectivity index (χ2n) is 5.63. The van der Waals surface area contributed by atoms with Crippen LogP contribution in [0.3, 0.4) is 0 Å². The zero-order valence-electron chi connectivity index (χ0n) is 15.2. The Hall–Kier alpha value is -3.02. The summed E-state index contributed by atoms with van der Waals surface area (Å²) in [7, 11) is 3.11. The largest absolute Gasteiger partial charge is 0.493 e. The lowest BCUT2D eigenvalue weighted by Gasteiger charge is -2.10. The first kappa shape index (κ1) is 19.3. The summed E-state index contributed by atoms with van der Waals surface area (Å²) in [6.07, 6.45) is 0.969. The molecule has 0 bridgehead atoms. The molecule has 1 amide bonds. The van der Waals surface area contributed by atoms with Gasteiger partial charge in [0.1, 0.15) is 0 Å². The fourth-order valence-electron chi connectivity index (χ4n) is 2.35. The van der Waals surface area contributed by atoms with Crippen LogP contribution in [0.25, 0.3) is 0 Å². The van der Waals surface area contributed by atoms with Crippen molar-refractivity contribution in [1.29, 1.82) is 0 Å². The number of rotatable bonds is 8. The Morgan fingerprint density at radius 3 is 2.27 bits per heavy atom. The Morgan fingerprint density at radius 2 is 1.65 bits per heavy atom. The van der Waals surface area contributed by atoms with E-state index < -0.39 is 0 Å². The van der Waals surface area contributed by atoms with Crippen LogP contribution >= 0.6 is 0 Å². The third-order valence-corrected chi connectivity index (χ3v) is 3.65. The highest BCUT2D eigenvalue weighted by molar-refractivity contribution is 5.94. The first-order valence-corrected chi connectivity index (χ1v) is 8.35. The summed E-state index contributed by atoms with van der Waals surface area (Å²) >= 11 is 0. The molecule has 0 aliphatic rings. The number of amides is 1. The molecule has 0 aliphatic carbocycles. The summed E-state index contributed by atoms with van der Waals surface area (Å²) < 4.78 is 15.5. The molecule has 0 atom stereocenters. The minimum absolute atomic E-state index is 0.168. The molecular formula is C20H23NO5. The van der Waals surface area contributed by atoms with Gasteiger partial charge in [0.05, 0.1) is 32.8 Å². The molecule has 138 valence electrons. The molecule has 26 heavy (non-hydrogen) atoms. The maximum absolute atomic E-state index is 12.2. The summed E-state index contributed by atoms with van der Waals surface area (Å²) in [6.45, 7) is 2.33. The maximum Gasteiger partial charge on any atom is 0.338 e. The molecular weight excluding hydrogens is 334 g/mol. The van der Waals surface area contributed by atoms with Gasteiger partial charge in [-0.3, -0.25) is 4.79 Å². The highest BCUT2D eigenvalue weighted by Gasteiger charge is 2.10. The van der Waals surface area contributed by atoms with Crippen molar-refractivity contribution in [2.75, 3.05) is 26.1 Å². The van der Waals surface area contributed by atoms with Crippen LogP contribution in [0.4, 0.5) is 5.69 Å². The van der Waals surface area contributed by atoms with Crippen LogP contribution in [0.15, 0.2) is 42.5 Å². The molecule has 0 unspecified atom stereocenters. The van der Waals surface area contributed by atoms with Gasteiger partial charge >= 0.3 is 5.97 Å². The zero-order valence-corrected chi connectivity index (χ0v) is 15.2. The van der Waals surface area contributed by atoms with Gasteiger partial charge in [-0.15, -0.1) is 0 Å². The molecule has 0 radical (unpaired) electrons. The minimum atomic E-state index is -0.366. The Labute approximate surface area is 153 Å². The minimum Gasteiger partial charge on any atom is -0.493 e. The van der Waals surface area contributed by atoms with Crippen molar-refractivity contribution in [2.24, 2.45) is 0 Å². The fourth-order valence-corrected chi connectivity index (χ4v) is 2.35. The summed E-state index contributed by atoms with van der Waals surface area (Å²) in [5.74, 6) is 0.656. The molecule has 6 nitrogen and oxygen atoms in total. The smallest absolute Gasteiger partial charge is 0.338 e. The molecule has 1 N–H and O–H groups in total. The summed E-state index contributed by atoms with van der Waals surface area (Å²) in [4.78, 5) is 24.0. The van der Waals surface area contributed by atoms with Gasteiger partial charge in [0.2, 0.25) is 5.91 Å². The summed E-state index contributed by atoms with van der Waals surface area (Å²) in [6, 6.07) is 12.0. The van der Waals surface area contributed by atoms with Crippen LogP contribution in [-0.4, -0.2) is 32.7 Å². The SMILES string of the molecule is CCCOC(=O)c1ccc(NC(=O)Cc2ccc(OC)c(OC)c2)cc1. The molecule has 0 saturated heterocycles. The van der Waals surface area contributed by atoms with E-state index in [1.54, 1.807) is 50.6 Å². The molecule has 2 rings (SSSR count). The van der Waals surface area contributed by atoms with Crippen molar-refractivity contribution in [1.82, 2.24) is 0 Å². The Kier molecular flexibility index (Phi) is 7.02. The lowest BCUT2D eigenvalue weighted by Crippen LogP contribution is -2.14. The van der Waals surface area contributed by atoms with E-state index in [2.05, 4.69) is 5.32 Å². The third kappa shape index (κ3) is 5.24. The van der Waals surface area contributed by atoms with E-state index in [-0.39, 0.29) is 18.3 Å². The number of methoxy groups -OCH3 is 2. The van der Waals surface area contributed by atoms with E-state index in [9.17, 15) is 9.59 Å². The normalized spacial score (nSPS) is 10.1. The first-order chi connectivity index (χ1) is 12.6. The highest BCUT2D eigenvalue weighted by Crippen LogP contribution is 2.27. The monoisotopic (exact) mass is 357 g/mol. The highest BCUT2D eigenvalue weighted by atomic mass is 16.5. The van der Waals surface area contributed by atoms with Gasteiger partial charge in [-0.2, -0.15) is 0 Å². The molecule has 2 aromatic rings. The Bertz CT molecular complexity index is 755. The molecule has 0 aromatic heterocycles. The molecule has 0 heterocycles. The molecule has 2 aromatic carbocycles. The molecule has 0 aliphatic heterocycles. The van der Waals surface area contributed by atoms with E-state index in [0.717, 1.165) is 12.0 Å². The number of carbonyl (C=O) groups excluding carboxylic acids is 2. The van der Waals surface area contributed by atoms with Crippen LogP contribution in [0.2, 0.25) is 0 Å². The Morgan fingerprint density at radius 1 is 0.962 bits per heavy atom. The number of esters is 1. The fraction of sp³-hybridized carbons (Fsp3) is 0.300. The number of hydrogen-bond acceptors (Lipinski definition) is 5. The number of ether oxygens (including phenoxy) is 3.